The van der Waals surface area contributed by atoms with Crippen LogP contribution in [0.3, 0.4) is 0 Å². The molecule has 25 heavy (non-hydrogen) atoms. The number of hydrogen-bond acceptors (Lipinski definition) is 5. The standard InChI is InChI=1S/C19H25N5O/c25-19-11-17(14-22-7-1-2-8-22)21-18-15-23(9-4-10-24(18)19)13-16-5-3-6-20-12-16/h3,5-6,11-12H,1-2,4,7-10,13-15H2. The first-order valence-electron chi connectivity index (χ1n) is 9.21. The van der Waals surface area contributed by atoms with E-state index in [-0.39, 0.29) is 5.56 Å². The van der Waals surface area contributed by atoms with Crippen LogP contribution in [0.5, 0.6) is 0 Å². The van der Waals surface area contributed by atoms with E-state index in [1.807, 2.05) is 16.8 Å². The molecule has 0 saturated carbocycles. The summed E-state index contributed by atoms with van der Waals surface area (Å²) in [5, 5.41) is 0. The molecule has 132 valence electrons. The minimum atomic E-state index is 0.0995. The molecule has 0 aliphatic carbocycles. The van der Waals surface area contributed by atoms with Crippen LogP contribution in [0.25, 0.3) is 0 Å². The summed E-state index contributed by atoms with van der Waals surface area (Å²) < 4.78 is 1.86. The number of pyridine rings is 1. The Kier molecular flexibility index (Phi) is 4.90. The summed E-state index contributed by atoms with van der Waals surface area (Å²) in [5.41, 5.74) is 2.22. The Hall–Kier alpha value is -2.05. The van der Waals surface area contributed by atoms with Crippen LogP contribution in [0, 0.1) is 0 Å². The second kappa shape index (κ2) is 7.45. The molecule has 0 aromatic carbocycles. The summed E-state index contributed by atoms with van der Waals surface area (Å²) in [5.74, 6) is 0.906. The molecule has 0 radical (unpaired) electrons. The number of aromatic nitrogens is 3. The van der Waals surface area contributed by atoms with Gasteiger partial charge in [-0.3, -0.25) is 24.1 Å². The fourth-order valence-electron chi connectivity index (χ4n) is 3.83. The van der Waals surface area contributed by atoms with Crippen LogP contribution in [0.1, 0.15) is 36.3 Å². The minimum absolute atomic E-state index is 0.0995. The van der Waals surface area contributed by atoms with Gasteiger partial charge in [-0.25, -0.2) is 4.98 Å². The van der Waals surface area contributed by atoms with Gasteiger partial charge >= 0.3 is 0 Å². The van der Waals surface area contributed by atoms with Crippen LogP contribution in [-0.4, -0.2) is 44.0 Å². The van der Waals surface area contributed by atoms with E-state index in [1.165, 1.54) is 18.4 Å². The Morgan fingerprint density at radius 2 is 1.84 bits per heavy atom. The number of rotatable bonds is 4. The van der Waals surface area contributed by atoms with E-state index in [0.717, 1.165) is 63.8 Å². The lowest BCUT2D eigenvalue weighted by Crippen LogP contribution is -2.29. The summed E-state index contributed by atoms with van der Waals surface area (Å²) in [6, 6.07) is 5.80. The van der Waals surface area contributed by atoms with E-state index in [1.54, 1.807) is 12.3 Å². The Bertz CT molecular complexity index is 767. The number of likely N-dealkylation sites (tertiary alicyclic amines) is 1. The van der Waals surface area contributed by atoms with E-state index in [2.05, 4.69) is 20.9 Å². The van der Waals surface area contributed by atoms with Crippen molar-refractivity contribution in [2.45, 2.75) is 45.4 Å². The van der Waals surface area contributed by atoms with Crippen molar-refractivity contribution in [3.63, 3.8) is 0 Å². The Morgan fingerprint density at radius 3 is 2.64 bits per heavy atom. The van der Waals surface area contributed by atoms with Gasteiger partial charge in [-0.15, -0.1) is 0 Å². The molecule has 0 atom stereocenters. The number of fused-ring (bicyclic) bond motifs is 1. The number of hydrogen-bond donors (Lipinski definition) is 0. The molecule has 1 saturated heterocycles. The summed E-state index contributed by atoms with van der Waals surface area (Å²) in [4.78, 5) is 26.4. The van der Waals surface area contributed by atoms with Gasteiger partial charge in [-0.2, -0.15) is 0 Å². The van der Waals surface area contributed by atoms with Crippen molar-refractivity contribution in [3.8, 4) is 0 Å². The maximum atomic E-state index is 12.6. The molecule has 2 aromatic rings. The van der Waals surface area contributed by atoms with E-state index < -0.39 is 0 Å². The lowest BCUT2D eigenvalue weighted by atomic mass is 10.2. The molecule has 0 unspecified atom stereocenters. The van der Waals surface area contributed by atoms with Crippen molar-refractivity contribution < 1.29 is 0 Å². The third-order valence-corrected chi connectivity index (χ3v) is 5.07. The summed E-state index contributed by atoms with van der Waals surface area (Å²) in [7, 11) is 0. The molecule has 2 aliphatic heterocycles. The van der Waals surface area contributed by atoms with Crippen molar-refractivity contribution >= 4 is 0 Å². The fourth-order valence-corrected chi connectivity index (χ4v) is 3.83. The first-order chi connectivity index (χ1) is 12.3. The fraction of sp³-hybridized carbons (Fsp3) is 0.526. The quantitative estimate of drug-likeness (QED) is 0.848. The highest BCUT2D eigenvalue weighted by molar-refractivity contribution is 5.10. The second-order valence-corrected chi connectivity index (χ2v) is 7.06. The molecular weight excluding hydrogens is 314 g/mol. The van der Waals surface area contributed by atoms with Gasteiger partial charge in [-0.1, -0.05) is 6.07 Å². The van der Waals surface area contributed by atoms with Gasteiger partial charge in [0.15, 0.2) is 0 Å². The smallest absolute Gasteiger partial charge is 0.253 e. The molecule has 0 amide bonds. The van der Waals surface area contributed by atoms with Gasteiger partial charge in [0.05, 0.1) is 12.2 Å². The zero-order valence-electron chi connectivity index (χ0n) is 14.6. The zero-order valence-corrected chi connectivity index (χ0v) is 14.6. The monoisotopic (exact) mass is 339 g/mol. The van der Waals surface area contributed by atoms with E-state index in [9.17, 15) is 4.79 Å². The van der Waals surface area contributed by atoms with Crippen LogP contribution >= 0.6 is 0 Å². The van der Waals surface area contributed by atoms with E-state index in [4.69, 9.17) is 4.98 Å². The summed E-state index contributed by atoms with van der Waals surface area (Å²) in [6.45, 7) is 6.33. The molecule has 6 nitrogen and oxygen atoms in total. The number of nitrogens with zero attached hydrogens (tertiary/aromatic N) is 5. The summed E-state index contributed by atoms with van der Waals surface area (Å²) in [6.07, 6.45) is 7.19. The Labute approximate surface area is 148 Å². The van der Waals surface area contributed by atoms with Crippen molar-refractivity contribution in [1.82, 2.24) is 24.3 Å². The Morgan fingerprint density at radius 1 is 1.00 bits per heavy atom. The lowest BCUT2D eigenvalue weighted by Gasteiger charge is -2.20. The van der Waals surface area contributed by atoms with Crippen molar-refractivity contribution in [1.29, 1.82) is 0 Å². The summed E-state index contributed by atoms with van der Waals surface area (Å²) >= 11 is 0. The molecule has 1 fully saturated rings. The predicted octanol–water partition coefficient (Wildman–Crippen LogP) is 1.64. The second-order valence-electron chi connectivity index (χ2n) is 7.06. The average molecular weight is 339 g/mol. The molecule has 0 N–H and O–H groups in total. The normalized spacial score (nSPS) is 18.9. The SMILES string of the molecule is O=c1cc(CN2CCCC2)nc2n1CCCN(Cc1cccnc1)C2. The van der Waals surface area contributed by atoms with Crippen LogP contribution in [0.2, 0.25) is 0 Å². The highest BCUT2D eigenvalue weighted by atomic mass is 16.1. The van der Waals surface area contributed by atoms with E-state index >= 15 is 0 Å². The highest BCUT2D eigenvalue weighted by Crippen LogP contribution is 2.15. The zero-order chi connectivity index (χ0) is 17.1. The Balaban J connectivity index is 1.54. The molecule has 2 aromatic heterocycles. The topological polar surface area (TPSA) is 54.3 Å². The van der Waals surface area contributed by atoms with Crippen LogP contribution in [-0.2, 0) is 26.2 Å². The van der Waals surface area contributed by atoms with Gasteiger partial charge in [-0.05, 0) is 44.0 Å². The molecular formula is C19H25N5O. The highest BCUT2D eigenvalue weighted by Gasteiger charge is 2.19. The molecule has 0 bridgehead atoms. The average Bonchev–Trinajstić information content (AvgIpc) is 3.02. The van der Waals surface area contributed by atoms with Crippen molar-refractivity contribution in [2.75, 3.05) is 19.6 Å². The molecule has 6 heteroatoms. The predicted molar refractivity (Wildman–Crippen MR) is 96.0 cm³/mol. The lowest BCUT2D eigenvalue weighted by molar-refractivity contribution is 0.257. The third-order valence-electron chi connectivity index (χ3n) is 5.07. The van der Waals surface area contributed by atoms with Crippen molar-refractivity contribution in [2.24, 2.45) is 0 Å². The van der Waals surface area contributed by atoms with Crippen molar-refractivity contribution in [3.05, 3.63) is 58.0 Å². The molecule has 2 aliphatic rings. The maximum absolute atomic E-state index is 12.6. The molecule has 4 rings (SSSR count). The first-order valence-corrected chi connectivity index (χ1v) is 9.21. The van der Waals surface area contributed by atoms with Gasteiger partial charge in [0.25, 0.3) is 5.56 Å². The van der Waals surface area contributed by atoms with Crippen LogP contribution in [0.15, 0.2) is 35.4 Å². The molecule has 0 spiro atoms. The van der Waals surface area contributed by atoms with Gasteiger partial charge in [0.2, 0.25) is 0 Å². The van der Waals surface area contributed by atoms with E-state index in [0.29, 0.717) is 0 Å². The maximum Gasteiger partial charge on any atom is 0.253 e. The van der Waals surface area contributed by atoms with Gasteiger partial charge in [0, 0.05) is 44.6 Å². The minimum Gasteiger partial charge on any atom is -0.298 e. The van der Waals surface area contributed by atoms with Gasteiger partial charge in [0.1, 0.15) is 5.82 Å². The third kappa shape index (κ3) is 3.96. The van der Waals surface area contributed by atoms with Crippen LogP contribution < -0.4 is 5.56 Å². The first kappa shape index (κ1) is 16.4. The molecule has 4 heterocycles. The van der Waals surface area contributed by atoms with Gasteiger partial charge < -0.3 is 0 Å². The largest absolute Gasteiger partial charge is 0.298 e. The van der Waals surface area contributed by atoms with Crippen LogP contribution in [0.4, 0.5) is 0 Å².